The third-order valence-electron chi connectivity index (χ3n) is 6.47. The lowest BCUT2D eigenvalue weighted by atomic mass is 9.73. The fourth-order valence-corrected chi connectivity index (χ4v) is 5.46. The van der Waals surface area contributed by atoms with Gasteiger partial charge in [0.15, 0.2) is 0 Å². The van der Waals surface area contributed by atoms with Gasteiger partial charge in [-0.2, -0.15) is 0 Å². The largest absolute Gasteiger partial charge is 0.396 e. The highest BCUT2D eigenvalue weighted by molar-refractivity contribution is 5.17. The van der Waals surface area contributed by atoms with Gasteiger partial charge in [0.25, 0.3) is 0 Å². The van der Waals surface area contributed by atoms with Crippen LogP contribution in [0.2, 0.25) is 0 Å². The maximum Gasteiger partial charge on any atom is 0.0675 e. The molecule has 0 heterocycles. The van der Waals surface area contributed by atoms with E-state index in [1.165, 1.54) is 0 Å². The molecule has 0 aliphatic heterocycles. The van der Waals surface area contributed by atoms with Crippen LogP contribution in [-0.4, -0.2) is 33.6 Å². The molecule has 3 nitrogen and oxygen atoms in total. The zero-order valence-electron chi connectivity index (χ0n) is 11.6. The maximum absolute atomic E-state index is 10.7. The van der Waals surface area contributed by atoms with Crippen LogP contribution < -0.4 is 0 Å². The maximum atomic E-state index is 10.7. The summed E-state index contributed by atoms with van der Waals surface area (Å²) in [7, 11) is 0. The van der Waals surface area contributed by atoms with Crippen molar-refractivity contribution in [3.05, 3.63) is 0 Å². The molecule has 18 heavy (non-hydrogen) atoms. The topological polar surface area (TPSA) is 60.7 Å². The van der Waals surface area contributed by atoms with E-state index in [1.807, 2.05) is 6.92 Å². The number of aliphatic hydroxyl groups is 3. The first-order valence-electron chi connectivity index (χ1n) is 7.34. The van der Waals surface area contributed by atoms with Crippen molar-refractivity contribution in [3.63, 3.8) is 0 Å². The van der Waals surface area contributed by atoms with Crippen molar-refractivity contribution in [2.75, 3.05) is 6.61 Å². The van der Waals surface area contributed by atoms with Crippen LogP contribution in [0, 0.1) is 35.0 Å². The first kappa shape index (κ1) is 12.9. The normalized spacial score (nSPS) is 63.0. The summed E-state index contributed by atoms with van der Waals surface area (Å²) in [4.78, 5) is 0. The first-order chi connectivity index (χ1) is 8.33. The number of fused-ring (bicyclic) bond motifs is 3. The van der Waals surface area contributed by atoms with Crippen LogP contribution in [0.3, 0.4) is 0 Å². The van der Waals surface area contributed by atoms with Crippen LogP contribution in [0.15, 0.2) is 0 Å². The molecular formula is C15H26O3. The average molecular weight is 254 g/mol. The minimum absolute atomic E-state index is 0.00382. The molecule has 3 aliphatic rings. The van der Waals surface area contributed by atoms with Crippen molar-refractivity contribution < 1.29 is 15.3 Å². The molecule has 0 unspecified atom stereocenters. The Morgan fingerprint density at radius 3 is 2.50 bits per heavy atom. The van der Waals surface area contributed by atoms with Gasteiger partial charge >= 0.3 is 0 Å². The second-order valence-corrected chi connectivity index (χ2v) is 7.58. The van der Waals surface area contributed by atoms with Gasteiger partial charge in [-0.25, -0.2) is 0 Å². The first-order valence-corrected chi connectivity index (χ1v) is 7.34. The summed E-state index contributed by atoms with van der Waals surface area (Å²) < 4.78 is 0. The minimum atomic E-state index is -0.737. The summed E-state index contributed by atoms with van der Waals surface area (Å²) in [5.74, 6) is 1.86. The van der Waals surface area contributed by atoms with Crippen molar-refractivity contribution >= 4 is 0 Å². The molecule has 104 valence electrons. The molecular weight excluding hydrogens is 228 g/mol. The van der Waals surface area contributed by atoms with Gasteiger partial charge in [0.2, 0.25) is 0 Å². The quantitative estimate of drug-likeness (QED) is 0.663. The molecule has 3 heteroatoms. The Morgan fingerprint density at radius 2 is 1.89 bits per heavy atom. The predicted octanol–water partition coefficient (Wildman–Crippen LogP) is 1.41. The van der Waals surface area contributed by atoms with Gasteiger partial charge in [-0.05, 0) is 55.3 Å². The summed E-state index contributed by atoms with van der Waals surface area (Å²) >= 11 is 0. The van der Waals surface area contributed by atoms with Crippen LogP contribution in [0.4, 0.5) is 0 Å². The number of aliphatic hydroxyl groups excluding tert-OH is 2. The van der Waals surface area contributed by atoms with E-state index in [2.05, 4.69) is 13.8 Å². The molecule has 0 spiro atoms. The van der Waals surface area contributed by atoms with E-state index < -0.39 is 5.60 Å². The highest BCUT2D eigenvalue weighted by Gasteiger charge is 2.69. The summed E-state index contributed by atoms with van der Waals surface area (Å²) in [6.07, 6.45) is 2.17. The number of hydrogen-bond acceptors (Lipinski definition) is 3. The van der Waals surface area contributed by atoms with E-state index in [1.54, 1.807) is 0 Å². The molecule has 0 saturated heterocycles. The smallest absolute Gasteiger partial charge is 0.0675 e. The second-order valence-electron chi connectivity index (χ2n) is 7.58. The Kier molecular flexibility index (Phi) is 2.66. The van der Waals surface area contributed by atoms with Crippen molar-refractivity contribution in [2.45, 2.75) is 51.7 Å². The molecule has 3 saturated carbocycles. The van der Waals surface area contributed by atoms with Crippen LogP contribution in [0.1, 0.15) is 40.0 Å². The fraction of sp³-hybridized carbons (Fsp3) is 1.00. The summed E-state index contributed by atoms with van der Waals surface area (Å²) in [5.41, 5.74) is -0.698. The molecule has 3 fully saturated rings. The van der Waals surface area contributed by atoms with E-state index in [0.717, 1.165) is 19.3 Å². The van der Waals surface area contributed by atoms with Crippen molar-refractivity contribution in [3.8, 4) is 0 Å². The molecule has 8 atom stereocenters. The summed E-state index contributed by atoms with van der Waals surface area (Å²) in [5, 5.41) is 30.6. The SMILES string of the molecule is C[C@H]1C[C@H](O)[C@@H]2[C@H]1[C@@H]1[C@H](CC[C@]2(C)O)[C@@]1(C)CO. The standard InChI is InChI=1S/C15H26O3/c1-8-6-10(17)13-11(8)12-9(14(12,2)7-16)4-5-15(13,3)18/h8-13,16-18H,4-7H2,1-3H3/t8-,9-,10-,11+,12-,13+,14+,15-/m0/s1. The molecule has 3 N–H and O–H groups in total. The minimum Gasteiger partial charge on any atom is -0.396 e. The Balaban J connectivity index is 1.96. The van der Waals surface area contributed by atoms with Crippen LogP contribution in [0.25, 0.3) is 0 Å². The average Bonchev–Trinajstić information content (AvgIpc) is 2.79. The van der Waals surface area contributed by atoms with E-state index in [0.29, 0.717) is 23.7 Å². The lowest BCUT2D eigenvalue weighted by molar-refractivity contribution is -0.0720. The molecule has 0 bridgehead atoms. The lowest BCUT2D eigenvalue weighted by Gasteiger charge is -2.37. The van der Waals surface area contributed by atoms with Gasteiger partial charge in [-0.15, -0.1) is 0 Å². The molecule has 0 aromatic carbocycles. The van der Waals surface area contributed by atoms with Crippen molar-refractivity contribution in [2.24, 2.45) is 35.0 Å². The van der Waals surface area contributed by atoms with Crippen LogP contribution in [-0.2, 0) is 0 Å². The van der Waals surface area contributed by atoms with E-state index in [-0.39, 0.29) is 24.0 Å². The monoisotopic (exact) mass is 254 g/mol. The fourth-order valence-electron chi connectivity index (χ4n) is 5.46. The van der Waals surface area contributed by atoms with Gasteiger partial charge in [0.1, 0.15) is 0 Å². The highest BCUT2D eigenvalue weighted by Crippen LogP contribution is 2.71. The Labute approximate surface area is 109 Å². The summed E-state index contributed by atoms with van der Waals surface area (Å²) in [6.45, 7) is 6.52. The Hall–Kier alpha value is -0.120. The third kappa shape index (κ3) is 1.47. The van der Waals surface area contributed by atoms with Crippen molar-refractivity contribution in [1.29, 1.82) is 0 Å². The predicted molar refractivity (Wildman–Crippen MR) is 68.8 cm³/mol. The Morgan fingerprint density at radius 1 is 1.22 bits per heavy atom. The van der Waals surface area contributed by atoms with Crippen molar-refractivity contribution in [1.82, 2.24) is 0 Å². The van der Waals surface area contributed by atoms with E-state index >= 15 is 0 Å². The Bertz CT molecular complexity index is 354. The van der Waals surface area contributed by atoms with Gasteiger partial charge in [-0.1, -0.05) is 13.8 Å². The van der Waals surface area contributed by atoms with Gasteiger partial charge in [-0.3, -0.25) is 0 Å². The zero-order valence-corrected chi connectivity index (χ0v) is 11.6. The van der Waals surface area contributed by atoms with Crippen LogP contribution >= 0.6 is 0 Å². The highest BCUT2D eigenvalue weighted by atomic mass is 16.3. The molecule has 0 radical (unpaired) electrons. The summed E-state index contributed by atoms with van der Waals surface area (Å²) in [6, 6.07) is 0. The lowest BCUT2D eigenvalue weighted by Crippen LogP contribution is -2.43. The van der Waals surface area contributed by atoms with Crippen LogP contribution in [0.5, 0.6) is 0 Å². The van der Waals surface area contributed by atoms with E-state index in [9.17, 15) is 15.3 Å². The van der Waals surface area contributed by atoms with E-state index in [4.69, 9.17) is 0 Å². The second kappa shape index (κ2) is 3.71. The molecule has 3 aliphatic carbocycles. The zero-order chi connectivity index (χ0) is 13.3. The molecule has 3 rings (SSSR count). The number of hydrogen-bond donors (Lipinski definition) is 3. The molecule has 0 amide bonds. The third-order valence-corrected chi connectivity index (χ3v) is 6.47. The number of rotatable bonds is 1. The van der Waals surface area contributed by atoms with Gasteiger partial charge in [0.05, 0.1) is 11.7 Å². The van der Waals surface area contributed by atoms with Gasteiger partial charge in [0, 0.05) is 12.5 Å². The molecule has 0 aromatic heterocycles. The van der Waals surface area contributed by atoms with Gasteiger partial charge < -0.3 is 15.3 Å². The molecule has 0 aromatic rings.